The number of hydrogen-bond donors (Lipinski definition) is 0. The molecule has 2 aromatic rings. The highest BCUT2D eigenvalue weighted by Gasteiger charge is 2.54. The molecule has 0 bridgehead atoms. The first-order valence-corrected chi connectivity index (χ1v) is 8.18. The summed E-state index contributed by atoms with van der Waals surface area (Å²) >= 11 is 6.02. The number of benzene rings is 2. The van der Waals surface area contributed by atoms with Crippen LogP contribution in [0.1, 0.15) is 21.8 Å². The van der Waals surface area contributed by atoms with Gasteiger partial charge in [0.2, 0.25) is 0 Å². The number of rotatable bonds is 1. The zero-order chi connectivity index (χ0) is 16.0. The molecule has 3 nitrogen and oxygen atoms in total. The monoisotopic (exact) mass is 327 g/mol. The predicted octanol–water partition coefficient (Wildman–Crippen LogP) is 3.63. The number of hydrogen-bond acceptors (Lipinski definition) is 3. The van der Waals surface area contributed by atoms with Crippen LogP contribution in [0.3, 0.4) is 0 Å². The Balaban J connectivity index is 1.79. The van der Waals surface area contributed by atoms with Gasteiger partial charge in [-0.1, -0.05) is 35.9 Å². The molecule has 0 radical (unpaired) electrons. The average Bonchev–Trinajstić information content (AvgIpc) is 2.90. The highest BCUT2D eigenvalue weighted by atomic mass is 35.5. The van der Waals surface area contributed by atoms with E-state index in [0.29, 0.717) is 29.5 Å². The second-order valence-electron chi connectivity index (χ2n) is 6.57. The summed E-state index contributed by atoms with van der Waals surface area (Å²) in [7, 11) is 2.06. The van der Waals surface area contributed by atoms with E-state index in [4.69, 9.17) is 16.3 Å². The number of nitrogens with zero attached hydrogens (tertiary/aromatic N) is 1. The van der Waals surface area contributed by atoms with Gasteiger partial charge < -0.3 is 9.64 Å². The minimum absolute atomic E-state index is 0.116. The zero-order valence-electron chi connectivity index (χ0n) is 13.0. The van der Waals surface area contributed by atoms with Gasteiger partial charge in [-0.25, -0.2) is 0 Å². The molecule has 4 heteroatoms. The molecule has 0 unspecified atom stereocenters. The highest BCUT2D eigenvalue weighted by Crippen LogP contribution is 2.48. The van der Waals surface area contributed by atoms with E-state index < -0.39 is 5.41 Å². The van der Waals surface area contributed by atoms with E-state index in [2.05, 4.69) is 11.9 Å². The summed E-state index contributed by atoms with van der Waals surface area (Å²) < 4.78 is 5.98. The molecule has 2 heterocycles. The van der Waals surface area contributed by atoms with Gasteiger partial charge in [0.25, 0.3) is 0 Å². The second kappa shape index (κ2) is 5.36. The molecule has 2 aliphatic heterocycles. The molecule has 2 aliphatic rings. The Labute approximate surface area is 140 Å². The normalized spacial score (nSPS) is 27.0. The number of halogens is 1. The van der Waals surface area contributed by atoms with Crippen molar-refractivity contribution < 1.29 is 9.53 Å². The van der Waals surface area contributed by atoms with E-state index in [-0.39, 0.29) is 11.7 Å². The van der Waals surface area contributed by atoms with Crippen LogP contribution in [0.5, 0.6) is 5.75 Å². The standard InChI is InChI=1S/C19H18ClNO2/c1-21-10-16(13-6-8-14(20)9-7-13)19(11-21)12-23-17-5-3-2-4-15(17)18(19)22/h2-9,16H,10-12H2,1H3/t16-,19+/m1/s1. The van der Waals surface area contributed by atoms with Crippen molar-refractivity contribution >= 4 is 17.4 Å². The number of ketones is 1. The lowest BCUT2D eigenvalue weighted by Crippen LogP contribution is -2.46. The van der Waals surface area contributed by atoms with Gasteiger partial charge in [0.05, 0.1) is 11.0 Å². The number of para-hydroxylation sites is 1. The van der Waals surface area contributed by atoms with E-state index in [1.54, 1.807) is 0 Å². The summed E-state index contributed by atoms with van der Waals surface area (Å²) in [5, 5.41) is 0.714. The molecule has 118 valence electrons. The Morgan fingerprint density at radius 1 is 1.17 bits per heavy atom. The molecule has 0 N–H and O–H groups in total. The smallest absolute Gasteiger partial charge is 0.178 e. The van der Waals surface area contributed by atoms with Gasteiger partial charge in [0, 0.05) is 24.0 Å². The first-order valence-electron chi connectivity index (χ1n) is 7.81. The molecule has 1 spiro atoms. The fourth-order valence-corrected chi connectivity index (χ4v) is 4.08. The maximum Gasteiger partial charge on any atom is 0.178 e. The third kappa shape index (κ3) is 2.27. The van der Waals surface area contributed by atoms with E-state index in [9.17, 15) is 4.79 Å². The molecule has 1 fully saturated rings. The van der Waals surface area contributed by atoms with Crippen molar-refractivity contribution in [2.24, 2.45) is 5.41 Å². The molecule has 4 rings (SSSR count). The van der Waals surface area contributed by atoms with Crippen molar-refractivity contribution in [2.75, 3.05) is 26.7 Å². The van der Waals surface area contributed by atoms with Gasteiger partial charge in [0.1, 0.15) is 12.4 Å². The van der Waals surface area contributed by atoms with Gasteiger partial charge in [-0.15, -0.1) is 0 Å². The van der Waals surface area contributed by atoms with Crippen LogP contribution in [-0.4, -0.2) is 37.4 Å². The van der Waals surface area contributed by atoms with E-state index in [0.717, 1.165) is 12.1 Å². The van der Waals surface area contributed by atoms with Crippen molar-refractivity contribution in [2.45, 2.75) is 5.92 Å². The number of likely N-dealkylation sites (tertiary alicyclic amines) is 1. The minimum atomic E-state index is -0.517. The summed E-state index contributed by atoms with van der Waals surface area (Å²) in [6, 6.07) is 15.4. The Hall–Kier alpha value is -1.84. The average molecular weight is 328 g/mol. The van der Waals surface area contributed by atoms with Crippen LogP contribution in [0.25, 0.3) is 0 Å². The maximum absolute atomic E-state index is 13.3. The lowest BCUT2D eigenvalue weighted by molar-refractivity contribution is 0.0593. The Bertz CT molecular complexity index is 758. The van der Waals surface area contributed by atoms with Gasteiger partial charge in [-0.2, -0.15) is 0 Å². The number of fused-ring (bicyclic) bond motifs is 1. The summed E-state index contributed by atoms with van der Waals surface area (Å²) in [6.45, 7) is 1.99. The lowest BCUT2D eigenvalue weighted by atomic mass is 9.69. The highest BCUT2D eigenvalue weighted by molar-refractivity contribution is 6.30. The molecular weight excluding hydrogens is 310 g/mol. The van der Waals surface area contributed by atoms with Crippen molar-refractivity contribution in [1.29, 1.82) is 0 Å². The second-order valence-corrected chi connectivity index (χ2v) is 7.01. The minimum Gasteiger partial charge on any atom is -0.492 e. The van der Waals surface area contributed by atoms with Crippen LogP contribution >= 0.6 is 11.6 Å². The number of ether oxygens (including phenoxy) is 1. The number of carbonyl (C=O) groups excluding carboxylic acids is 1. The fraction of sp³-hybridized carbons (Fsp3) is 0.316. The zero-order valence-corrected chi connectivity index (χ0v) is 13.7. The van der Waals surface area contributed by atoms with Crippen molar-refractivity contribution in [3.8, 4) is 5.75 Å². The van der Waals surface area contributed by atoms with Gasteiger partial charge in [-0.3, -0.25) is 4.79 Å². The molecular formula is C19H18ClNO2. The Morgan fingerprint density at radius 3 is 2.70 bits per heavy atom. The van der Waals surface area contributed by atoms with Crippen LogP contribution in [0, 0.1) is 5.41 Å². The first-order chi connectivity index (χ1) is 11.1. The van der Waals surface area contributed by atoms with Gasteiger partial charge in [-0.05, 0) is 36.9 Å². The van der Waals surface area contributed by atoms with Crippen LogP contribution in [0.4, 0.5) is 0 Å². The van der Waals surface area contributed by atoms with Gasteiger partial charge in [0.15, 0.2) is 5.78 Å². The third-order valence-corrected chi connectivity index (χ3v) is 5.31. The lowest BCUT2D eigenvalue weighted by Gasteiger charge is -2.37. The molecule has 0 amide bonds. The predicted molar refractivity (Wildman–Crippen MR) is 90.4 cm³/mol. The fourth-order valence-electron chi connectivity index (χ4n) is 3.96. The number of carbonyl (C=O) groups is 1. The molecule has 0 saturated carbocycles. The van der Waals surface area contributed by atoms with E-state index in [1.165, 1.54) is 0 Å². The SMILES string of the molecule is CN1C[C@H](c2ccc(Cl)cc2)[C@@]2(COc3ccccc3C2=O)C1. The topological polar surface area (TPSA) is 29.5 Å². The summed E-state index contributed by atoms with van der Waals surface area (Å²) in [4.78, 5) is 15.5. The van der Waals surface area contributed by atoms with E-state index >= 15 is 0 Å². The quantitative estimate of drug-likeness (QED) is 0.801. The molecule has 23 heavy (non-hydrogen) atoms. The summed E-state index contributed by atoms with van der Waals surface area (Å²) in [5.41, 5.74) is 1.33. The molecule has 2 aromatic carbocycles. The van der Waals surface area contributed by atoms with Gasteiger partial charge >= 0.3 is 0 Å². The number of Topliss-reactive ketones (excluding diaryl/α,β-unsaturated/α-hetero) is 1. The van der Waals surface area contributed by atoms with Crippen molar-refractivity contribution in [3.63, 3.8) is 0 Å². The van der Waals surface area contributed by atoms with Crippen LogP contribution in [0.2, 0.25) is 5.02 Å². The first kappa shape index (κ1) is 14.7. The van der Waals surface area contributed by atoms with Crippen LogP contribution < -0.4 is 4.74 Å². The molecule has 0 aliphatic carbocycles. The third-order valence-electron chi connectivity index (χ3n) is 5.05. The summed E-state index contributed by atoms with van der Waals surface area (Å²) in [6.07, 6.45) is 0. The molecule has 1 saturated heterocycles. The van der Waals surface area contributed by atoms with Crippen LogP contribution in [0.15, 0.2) is 48.5 Å². The largest absolute Gasteiger partial charge is 0.492 e. The Kier molecular flexibility index (Phi) is 3.43. The van der Waals surface area contributed by atoms with E-state index in [1.807, 2.05) is 48.5 Å². The molecule has 2 atom stereocenters. The molecule has 0 aromatic heterocycles. The maximum atomic E-state index is 13.3. The van der Waals surface area contributed by atoms with Crippen molar-refractivity contribution in [1.82, 2.24) is 4.90 Å². The number of likely N-dealkylation sites (N-methyl/N-ethyl adjacent to an activating group) is 1. The Morgan fingerprint density at radius 2 is 1.91 bits per heavy atom. The van der Waals surface area contributed by atoms with Crippen molar-refractivity contribution in [3.05, 3.63) is 64.7 Å². The van der Waals surface area contributed by atoms with Crippen LogP contribution in [-0.2, 0) is 0 Å². The summed E-state index contributed by atoms with van der Waals surface area (Å²) in [5.74, 6) is 1.02.